The van der Waals surface area contributed by atoms with Crippen LogP contribution in [0.4, 0.5) is 0 Å². The van der Waals surface area contributed by atoms with Gasteiger partial charge in [-0.2, -0.15) is 5.10 Å². The van der Waals surface area contributed by atoms with Crippen molar-refractivity contribution in [2.24, 2.45) is 7.05 Å². The van der Waals surface area contributed by atoms with Crippen molar-refractivity contribution in [3.05, 3.63) is 17.5 Å². The molecule has 1 saturated heterocycles. The Morgan fingerprint density at radius 2 is 2.17 bits per heavy atom. The number of β-amino-alcohol motifs (C(OH)–C–C–N with tert-alkyl or cyclic N) is 1. The van der Waals surface area contributed by atoms with E-state index in [1.54, 1.807) is 18.7 Å². The van der Waals surface area contributed by atoms with Crippen molar-refractivity contribution in [3.63, 3.8) is 0 Å². The monoisotopic (exact) mass is 253 g/mol. The molecule has 7 heteroatoms. The maximum Gasteiger partial charge on any atom is 0.326 e. The molecule has 0 aliphatic carbocycles. The van der Waals surface area contributed by atoms with Gasteiger partial charge in [0, 0.05) is 25.7 Å². The number of carboxylic acid groups (broad SMARTS) is 1. The molecule has 0 spiro atoms. The van der Waals surface area contributed by atoms with Crippen LogP contribution < -0.4 is 0 Å². The third-order valence-corrected chi connectivity index (χ3v) is 3.29. The largest absolute Gasteiger partial charge is 0.480 e. The zero-order valence-electron chi connectivity index (χ0n) is 10.2. The average Bonchev–Trinajstić information content (AvgIpc) is 2.84. The minimum atomic E-state index is -1.10. The number of aryl methyl sites for hydroxylation is 1. The molecule has 2 N–H and O–H groups in total. The first-order valence-corrected chi connectivity index (χ1v) is 5.62. The number of aliphatic hydroxyl groups excluding tert-OH is 1. The number of likely N-dealkylation sites (tertiary alicyclic amines) is 1. The van der Waals surface area contributed by atoms with Crippen LogP contribution in [-0.2, 0) is 11.8 Å². The lowest BCUT2D eigenvalue weighted by Crippen LogP contribution is -2.40. The van der Waals surface area contributed by atoms with Gasteiger partial charge in [0.05, 0.1) is 17.9 Å². The highest BCUT2D eigenvalue weighted by Crippen LogP contribution is 2.21. The van der Waals surface area contributed by atoms with Crippen molar-refractivity contribution >= 4 is 11.9 Å². The number of amides is 1. The number of hydrogen-bond donors (Lipinski definition) is 2. The molecule has 2 atom stereocenters. The number of aliphatic hydroxyl groups is 1. The van der Waals surface area contributed by atoms with E-state index in [2.05, 4.69) is 5.10 Å². The second-order valence-corrected chi connectivity index (χ2v) is 4.47. The summed E-state index contributed by atoms with van der Waals surface area (Å²) in [5.41, 5.74) is 1.04. The van der Waals surface area contributed by atoms with Crippen LogP contribution in [0.15, 0.2) is 6.20 Å². The summed E-state index contributed by atoms with van der Waals surface area (Å²) < 4.78 is 1.55. The lowest BCUT2D eigenvalue weighted by molar-refractivity contribution is -0.141. The lowest BCUT2D eigenvalue weighted by atomic mass is 10.2. The van der Waals surface area contributed by atoms with Crippen LogP contribution >= 0.6 is 0 Å². The fourth-order valence-electron chi connectivity index (χ4n) is 2.14. The Morgan fingerprint density at radius 3 is 2.67 bits per heavy atom. The van der Waals surface area contributed by atoms with Gasteiger partial charge in [0.25, 0.3) is 5.91 Å². The molecule has 1 fully saturated rings. The normalized spacial score (nSPS) is 23.4. The lowest BCUT2D eigenvalue weighted by Gasteiger charge is -2.20. The summed E-state index contributed by atoms with van der Waals surface area (Å²) in [5.74, 6) is -1.49. The molecule has 18 heavy (non-hydrogen) atoms. The molecule has 0 aromatic carbocycles. The Kier molecular flexibility index (Phi) is 3.08. The summed E-state index contributed by atoms with van der Waals surface area (Å²) in [6.45, 7) is 1.78. The van der Waals surface area contributed by atoms with E-state index in [-0.39, 0.29) is 13.0 Å². The van der Waals surface area contributed by atoms with Crippen LogP contribution in [-0.4, -0.2) is 55.5 Å². The summed E-state index contributed by atoms with van der Waals surface area (Å²) in [6, 6.07) is -0.966. The Morgan fingerprint density at radius 1 is 1.50 bits per heavy atom. The first-order chi connectivity index (χ1) is 8.41. The number of nitrogens with zero attached hydrogens (tertiary/aromatic N) is 3. The van der Waals surface area contributed by atoms with Gasteiger partial charge in [0.1, 0.15) is 6.04 Å². The van der Waals surface area contributed by atoms with Crippen molar-refractivity contribution in [3.8, 4) is 0 Å². The van der Waals surface area contributed by atoms with Gasteiger partial charge < -0.3 is 15.1 Å². The highest BCUT2D eigenvalue weighted by molar-refractivity contribution is 5.97. The average molecular weight is 253 g/mol. The smallest absolute Gasteiger partial charge is 0.326 e. The number of rotatable bonds is 2. The summed E-state index contributed by atoms with van der Waals surface area (Å²) in [5, 5.41) is 22.5. The molecule has 0 unspecified atom stereocenters. The Hall–Kier alpha value is -1.89. The zero-order chi connectivity index (χ0) is 13.4. The number of carboxylic acids is 1. The summed E-state index contributed by atoms with van der Waals surface area (Å²) in [7, 11) is 1.71. The third kappa shape index (κ3) is 1.97. The number of aliphatic carboxylic acids is 1. The first-order valence-electron chi connectivity index (χ1n) is 5.62. The minimum absolute atomic E-state index is 0.0458. The van der Waals surface area contributed by atoms with Crippen molar-refractivity contribution in [2.75, 3.05) is 6.54 Å². The molecule has 0 saturated carbocycles. The highest BCUT2D eigenvalue weighted by Gasteiger charge is 2.39. The van der Waals surface area contributed by atoms with Gasteiger partial charge in [-0.05, 0) is 6.92 Å². The van der Waals surface area contributed by atoms with Gasteiger partial charge in [-0.25, -0.2) is 4.79 Å². The molecule has 1 aliphatic rings. The van der Waals surface area contributed by atoms with Crippen LogP contribution in [0.5, 0.6) is 0 Å². The number of carbonyl (C=O) groups excluding carboxylic acids is 1. The predicted molar refractivity (Wildman–Crippen MR) is 61.0 cm³/mol. The van der Waals surface area contributed by atoms with E-state index in [0.717, 1.165) is 0 Å². The molecule has 1 amide bonds. The second kappa shape index (κ2) is 4.41. The molecule has 1 aliphatic heterocycles. The van der Waals surface area contributed by atoms with Gasteiger partial charge in [0.15, 0.2) is 0 Å². The Balaban J connectivity index is 2.28. The molecule has 0 bridgehead atoms. The van der Waals surface area contributed by atoms with E-state index < -0.39 is 24.0 Å². The highest BCUT2D eigenvalue weighted by atomic mass is 16.4. The maximum absolute atomic E-state index is 12.2. The van der Waals surface area contributed by atoms with Crippen molar-refractivity contribution < 1.29 is 19.8 Å². The maximum atomic E-state index is 12.2. The van der Waals surface area contributed by atoms with Gasteiger partial charge in [0.2, 0.25) is 0 Å². The van der Waals surface area contributed by atoms with Crippen LogP contribution in [0, 0.1) is 6.92 Å². The van der Waals surface area contributed by atoms with Crippen LogP contribution in [0.25, 0.3) is 0 Å². The Labute approximate surface area is 104 Å². The number of carbonyl (C=O) groups is 2. The molecule has 1 aromatic rings. The van der Waals surface area contributed by atoms with E-state index in [9.17, 15) is 14.7 Å². The van der Waals surface area contributed by atoms with E-state index in [1.807, 2.05) is 0 Å². The fourth-order valence-corrected chi connectivity index (χ4v) is 2.14. The molecule has 7 nitrogen and oxygen atoms in total. The molecule has 0 radical (unpaired) electrons. The van der Waals surface area contributed by atoms with Gasteiger partial charge in [-0.15, -0.1) is 0 Å². The number of hydrogen-bond acceptors (Lipinski definition) is 4. The first kappa shape index (κ1) is 12.6. The topological polar surface area (TPSA) is 95.7 Å². The van der Waals surface area contributed by atoms with Crippen LogP contribution in [0.2, 0.25) is 0 Å². The molecule has 2 rings (SSSR count). The van der Waals surface area contributed by atoms with Gasteiger partial charge >= 0.3 is 5.97 Å². The Bertz CT molecular complexity index is 496. The molecule has 98 valence electrons. The third-order valence-electron chi connectivity index (χ3n) is 3.29. The van der Waals surface area contributed by atoms with E-state index in [4.69, 9.17) is 5.11 Å². The predicted octanol–water partition coefficient (Wildman–Crippen LogP) is -0.611. The summed E-state index contributed by atoms with van der Waals surface area (Å²) in [4.78, 5) is 24.5. The van der Waals surface area contributed by atoms with E-state index in [0.29, 0.717) is 11.3 Å². The van der Waals surface area contributed by atoms with Crippen LogP contribution in [0.1, 0.15) is 22.5 Å². The quantitative estimate of drug-likeness (QED) is 0.733. The number of aromatic nitrogens is 2. The summed E-state index contributed by atoms with van der Waals surface area (Å²) >= 11 is 0. The SMILES string of the molecule is Cc1c(C(=O)N2C[C@H](O)C[C@@H]2C(=O)O)cnn1C. The molecular formula is C11H15N3O4. The summed E-state index contributed by atoms with van der Waals surface area (Å²) in [6.07, 6.45) is 0.703. The zero-order valence-corrected chi connectivity index (χ0v) is 10.2. The van der Waals surface area contributed by atoms with Crippen molar-refractivity contribution in [1.29, 1.82) is 0 Å². The minimum Gasteiger partial charge on any atom is -0.480 e. The van der Waals surface area contributed by atoms with Gasteiger partial charge in [-0.1, -0.05) is 0 Å². The van der Waals surface area contributed by atoms with E-state index >= 15 is 0 Å². The molecule has 2 heterocycles. The second-order valence-electron chi connectivity index (χ2n) is 4.47. The van der Waals surface area contributed by atoms with Crippen molar-refractivity contribution in [1.82, 2.24) is 14.7 Å². The van der Waals surface area contributed by atoms with Gasteiger partial charge in [-0.3, -0.25) is 9.48 Å². The van der Waals surface area contributed by atoms with Crippen molar-refractivity contribution in [2.45, 2.75) is 25.5 Å². The fraction of sp³-hybridized carbons (Fsp3) is 0.545. The molecular weight excluding hydrogens is 238 g/mol. The van der Waals surface area contributed by atoms with Crippen LogP contribution in [0.3, 0.4) is 0 Å². The molecule has 1 aromatic heterocycles. The standard InChI is InChI=1S/C11H15N3O4/c1-6-8(4-12-13(6)2)10(16)14-5-7(15)3-9(14)11(17)18/h4,7,9,15H,3,5H2,1-2H3,(H,17,18)/t7-,9-/m1/s1. The van der Waals surface area contributed by atoms with E-state index in [1.165, 1.54) is 11.1 Å².